The van der Waals surface area contributed by atoms with Gasteiger partial charge in [0.1, 0.15) is 0 Å². The summed E-state index contributed by atoms with van der Waals surface area (Å²) in [6.07, 6.45) is -0.0662. The van der Waals surface area contributed by atoms with E-state index in [0.29, 0.717) is 13.1 Å². The molecule has 0 spiro atoms. The third kappa shape index (κ3) is 2.91. The number of alkyl halides is 2. The van der Waals surface area contributed by atoms with Crippen LogP contribution in [0.5, 0.6) is 0 Å². The fraction of sp³-hybridized carbons (Fsp3) is 0.900. The lowest BCUT2D eigenvalue weighted by Gasteiger charge is -2.20. The van der Waals surface area contributed by atoms with Crippen LogP contribution in [0.3, 0.4) is 0 Å². The zero-order valence-electron chi connectivity index (χ0n) is 8.63. The molecule has 0 aromatic carbocycles. The quantitative estimate of drug-likeness (QED) is 0.701. The molecule has 0 saturated carbocycles. The monoisotopic (exact) mass is 202 g/mol. The van der Waals surface area contributed by atoms with Crippen molar-refractivity contribution in [1.82, 2.24) is 4.90 Å². The predicted molar refractivity (Wildman–Crippen MR) is 49.9 cm³/mol. The molecule has 0 radical (unpaired) electrons. The smallest absolute Gasteiger partial charge is 0.261 e. The summed E-state index contributed by atoms with van der Waals surface area (Å²) in [5.41, 5.74) is 0. The van der Waals surface area contributed by atoms with E-state index in [2.05, 4.69) is 6.07 Å². The maximum Gasteiger partial charge on any atom is 0.261 e. The largest absolute Gasteiger partial charge is 0.296 e. The molecule has 0 N–H and O–H groups in total. The first-order valence-electron chi connectivity index (χ1n) is 4.94. The maximum atomic E-state index is 12.8. The molecule has 0 aromatic rings. The van der Waals surface area contributed by atoms with Gasteiger partial charge in [-0.3, -0.25) is 4.90 Å². The standard InChI is InChI=1S/C10H16F2N2/c1-8(2)9(5-13)6-14-4-3-10(11,12)7-14/h8-9H,3-4,6-7H2,1-2H3. The molecular formula is C10H16F2N2. The van der Waals surface area contributed by atoms with Crippen LogP contribution in [0.1, 0.15) is 20.3 Å². The highest BCUT2D eigenvalue weighted by Gasteiger charge is 2.38. The van der Waals surface area contributed by atoms with Crippen molar-refractivity contribution >= 4 is 0 Å². The van der Waals surface area contributed by atoms with Crippen molar-refractivity contribution in [2.75, 3.05) is 19.6 Å². The molecule has 0 amide bonds. The first-order chi connectivity index (χ1) is 6.44. The Morgan fingerprint density at radius 2 is 2.14 bits per heavy atom. The molecule has 1 aliphatic heterocycles. The van der Waals surface area contributed by atoms with E-state index in [1.807, 2.05) is 13.8 Å². The summed E-state index contributed by atoms with van der Waals surface area (Å²) in [5.74, 6) is -2.45. The lowest BCUT2D eigenvalue weighted by molar-refractivity contribution is 0.0110. The van der Waals surface area contributed by atoms with Gasteiger partial charge in [0, 0.05) is 19.5 Å². The average Bonchev–Trinajstić information content (AvgIpc) is 2.41. The first-order valence-corrected chi connectivity index (χ1v) is 4.94. The van der Waals surface area contributed by atoms with Gasteiger partial charge in [-0.1, -0.05) is 13.8 Å². The molecule has 0 aliphatic carbocycles. The summed E-state index contributed by atoms with van der Waals surface area (Å²) in [5, 5.41) is 8.82. The number of hydrogen-bond donors (Lipinski definition) is 0. The van der Waals surface area contributed by atoms with E-state index < -0.39 is 5.92 Å². The van der Waals surface area contributed by atoms with Gasteiger partial charge in [0.05, 0.1) is 18.5 Å². The molecule has 4 heteroatoms. The molecule has 1 saturated heterocycles. The highest BCUT2D eigenvalue weighted by atomic mass is 19.3. The lowest BCUT2D eigenvalue weighted by Crippen LogP contribution is -2.31. The van der Waals surface area contributed by atoms with Crippen LogP contribution in [0.4, 0.5) is 8.78 Å². The minimum absolute atomic E-state index is 0.0662. The molecule has 0 aromatic heterocycles. The molecule has 2 nitrogen and oxygen atoms in total. The summed E-state index contributed by atoms with van der Waals surface area (Å²) in [6.45, 7) is 4.60. The molecule has 80 valence electrons. The van der Waals surface area contributed by atoms with Crippen molar-refractivity contribution in [2.24, 2.45) is 11.8 Å². The molecule has 1 aliphatic rings. The fourth-order valence-electron chi connectivity index (χ4n) is 1.64. The number of halogens is 2. The summed E-state index contributed by atoms with van der Waals surface area (Å²) < 4.78 is 25.7. The molecule has 1 heterocycles. The molecule has 1 unspecified atom stereocenters. The Balaban J connectivity index is 2.43. The van der Waals surface area contributed by atoms with Crippen molar-refractivity contribution < 1.29 is 8.78 Å². The predicted octanol–water partition coefficient (Wildman–Crippen LogP) is 2.12. The SMILES string of the molecule is CC(C)C(C#N)CN1CCC(F)(F)C1. The van der Waals surface area contributed by atoms with Gasteiger partial charge in [-0.25, -0.2) is 8.78 Å². The summed E-state index contributed by atoms with van der Waals surface area (Å²) in [6, 6.07) is 2.17. The van der Waals surface area contributed by atoms with E-state index in [4.69, 9.17) is 5.26 Å². The average molecular weight is 202 g/mol. The Morgan fingerprint density at radius 1 is 1.50 bits per heavy atom. The Bertz CT molecular complexity index is 233. The minimum atomic E-state index is -2.54. The number of nitriles is 1. The maximum absolute atomic E-state index is 12.8. The second kappa shape index (κ2) is 4.22. The normalized spacial score (nSPS) is 23.7. The van der Waals surface area contributed by atoms with Gasteiger partial charge in [-0.15, -0.1) is 0 Å². The van der Waals surface area contributed by atoms with Gasteiger partial charge in [0.15, 0.2) is 0 Å². The topological polar surface area (TPSA) is 27.0 Å². The molecular weight excluding hydrogens is 186 g/mol. The van der Waals surface area contributed by atoms with Crippen LogP contribution in [-0.2, 0) is 0 Å². The van der Waals surface area contributed by atoms with Crippen LogP contribution in [0.15, 0.2) is 0 Å². The van der Waals surface area contributed by atoms with E-state index in [9.17, 15) is 8.78 Å². The summed E-state index contributed by atoms with van der Waals surface area (Å²) in [4.78, 5) is 1.69. The van der Waals surface area contributed by atoms with Crippen LogP contribution in [0, 0.1) is 23.2 Å². The zero-order valence-corrected chi connectivity index (χ0v) is 8.63. The number of hydrogen-bond acceptors (Lipinski definition) is 2. The van der Waals surface area contributed by atoms with Crippen molar-refractivity contribution in [3.05, 3.63) is 0 Å². The van der Waals surface area contributed by atoms with Crippen molar-refractivity contribution in [3.8, 4) is 6.07 Å². The lowest BCUT2D eigenvalue weighted by atomic mass is 9.97. The van der Waals surface area contributed by atoms with E-state index >= 15 is 0 Å². The fourth-order valence-corrected chi connectivity index (χ4v) is 1.64. The zero-order chi connectivity index (χ0) is 10.8. The minimum Gasteiger partial charge on any atom is -0.296 e. The van der Waals surface area contributed by atoms with Crippen molar-refractivity contribution in [1.29, 1.82) is 5.26 Å². The van der Waals surface area contributed by atoms with Crippen molar-refractivity contribution in [2.45, 2.75) is 26.2 Å². The highest BCUT2D eigenvalue weighted by Crippen LogP contribution is 2.27. The van der Waals surface area contributed by atoms with Gasteiger partial charge in [-0.2, -0.15) is 5.26 Å². The summed E-state index contributed by atoms with van der Waals surface area (Å²) >= 11 is 0. The highest BCUT2D eigenvalue weighted by molar-refractivity contribution is 4.91. The van der Waals surface area contributed by atoms with Crippen LogP contribution >= 0.6 is 0 Å². The van der Waals surface area contributed by atoms with E-state index in [1.54, 1.807) is 4.90 Å². The third-order valence-corrected chi connectivity index (χ3v) is 2.67. The van der Waals surface area contributed by atoms with Gasteiger partial charge in [0.25, 0.3) is 5.92 Å². The van der Waals surface area contributed by atoms with Gasteiger partial charge in [-0.05, 0) is 5.92 Å². The number of nitrogens with zero attached hydrogens (tertiary/aromatic N) is 2. The van der Waals surface area contributed by atoms with Crippen LogP contribution < -0.4 is 0 Å². The Kier molecular flexibility index (Phi) is 3.43. The van der Waals surface area contributed by atoms with Crippen LogP contribution in [-0.4, -0.2) is 30.5 Å². The molecule has 1 atom stereocenters. The van der Waals surface area contributed by atoms with E-state index in [-0.39, 0.29) is 24.8 Å². The van der Waals surface area contributed by atoms with Crippen molar-refractivity contribution in [3.63, 3.8) is 0 Å². The van der Waals surface area contributed by atoms with E-state index in [0.717, 1.165) is 0 Å². The van der Waals surface area contributed by atoms with Gasteiger partial charge in [0.2, 0.25) is 0 Å². The van der Waals surface area contributed by atoms with Crippen LogP contribution in [0.25, 0.3) is 0 Å². The summed E-state index contributed by atoms with van der Waals surface area (Å²) in [7, 11) is 0. The first kappa shape index (κ1) is 11.4. The Labute approximate surface area is 83.5 Å². The molecule has 14 heavy (non-hydrogen) atoms. The number of rotatable bonds is 3. The van der Waals surface area contributed by atoms with Gasteiger partial charge >= 0.3 is 0 Å². The van der Waals surface area contributed by atoms with Crippen LogP contribution in [0.2, 0.25) is 0 Å². The van der Waals surface area contributed by atoms with E-state index in [1.165, 1.54) is 0 Å². The Hall–Kier alpha value is -0.690. The third-order valence-electron chi connectivity index (χ3n) is 2.67. The second-order valence-electron chi connectivity index (χ2n) is 4.32. The molecule has 1 fully saturated rings. The Morgan fingerprint density at radius 3 is 2.50 bits per heavy atom. The molecule has 0 bridgehead atoms. The second-order valence-corrected chi connectivity index (χ2v) is 4.32. The number of likely N-dealkylation sites (tertiary alicyclic amines) is 1. The molecule has 1 rings (SSSR count). The van der Waals surface area contributed by atoms with Gasteiger partial charge < -0.3 is 0 Å².